The van der Waals surface area contributed by atoms with Gasteiger partial charge in [-0.15, -0.1) is 0 Å². The van der Waals surface area contributed by atoms with E-state index in [1.807, 2.05) is 6.92 Å². The van der Waals surface area contributed by atoms with Crippen LogP contribution in [0.3, 0.4) is 0 Å². The van der Waals surface area contributed by atoms with Gasteiger partial charge in [-0.2, -0.15) is 0 Å². The Morgan fingerprint density at radius 3 is 2.79 bits per heavy atom. The Balaban J connectivity index is 2.39. The Bertz CT molecular complexity index is 737. The fourth-order valence-electron chi connectivity index (χ4n) is 2.03. The Hall–Kier alpha value is -1.07. The summed E-state index contributed by atoms with van der Waals surface area (Å²) in [6.45, 7) is 1.76. The second kappa shape index (κ2) is 8.34. The number of halogens is 2. The lowest BCUT2D eigenvalue weighted by atomic mass is 10.2. The zero-order chi connectivity index (χ0) is 17.9. The van der Waals surface area contributed by atoms with Crippen LogP contribution in [0.4, 0.5) is 4.79 Å². The molecule has 0 bridgehead atoms. The van der Waals surface area contributed by atoms with Crippen LogP contribution in [0.25, 0.3) is 6.08 Å². The Kier molecular flexibility index (Phi) is 6.70. The molecule has 0 radical (unpaired) electrons. The summed E-state index contributed by atoms with van der Waals surface area (Å²) in [6.07, 6.45) is 2.25. The highest BCUT2D eigenvalue weighted by Crippen LogP contribution is 2.37. The molecule has 0 aliphatic carbocycles. The lowest BCUT2D eigenvalue weighted by Crippen LogP contribution is -2.28. The third kappa shape index (κ3) is 4.51. The van der Waals surface area contributed by atoms with E-state index in [9.17, 15) is 14.4 Å². The van der Waals surface area contributed by atoms with Gasteiger partial charge in [-0.05, 0) is 74.9 Å². The van der Waals surface area contributed by atoms with Crippen molar-refractivity contribution in [2.75, 3.05) is 13.2 Å². The first-order valence-corrected chi connectivity index (χ1v) is 9.61. The van der Waals surface area contributed by atoms with Gasteiger partial charge in [0, 0.05) is 15.7 Å². The normalized spacial score (nSPS) is 16.1. The molecule has 1 fully saturated rings. The number of carboxylic acid groups (broad SMARTS) is 1. The summed E-state index contributed by atoms with van der Waals surface area (Å²) < 4.78 is 6.77. The molecule has 0 atom stereocenters. The van der Waals surface area contributed by atoms with Crippen LogP contribution in [0, 0.1) is 3.57 Å². The number of ether oxygens (including phenoxy) is 1. The molecule has 2 amide bonds. The summed E-state index contributed by atoms with van der Waals surface area (Å²) in [5, 5.41) is 8.50. The van der Waals surface area contributed by atoms with Crippen LogP contribution < -0.4 is 4.74 Å². The van der Waals surface area contributed by atoms with Gasteiger partial charge in [-0.3, -0.25) is 14.5 Å². The lowest BCUT2D eigenvalue weighted by Gasteiger charge is -2.11. The number of hydrogen-bond donors (Lipinski definition) is 1. The van der Waals surface area contributed by atoms with Gasteiger partial charge < -0.3 is 9.84 Å². The molecule has 0 aromatic heterocycles. The number of hydrogen-bond acceptors (Lipinski definition) is 5. The average molecular weight is 526 g/mol. The van der Waals surface area contributed by atoms with Crippen molar-refractivity contribution in [1.82, 2.24) is 4.90 Å². The number of thioether (sulfide) groups is 1. The molecular weight excluding hydrogens is 513 g/mol. The molecule has 1 N–H and O–H groups in total. The van der Waals surface area contributed by atoms with Crippen molar-refractivity contribution >= 4 is 73.5 Å². The molecule has 1 aliphatic heterocycles. The van der Waals surface area contributed by atoms with E-state index in [1.165, 1.54) is 4.90 Å². The average Bonchev–Trinajstić information content (AvgIpc) is 2.74. The first kappa shape index (κ1) is 19.3. The fourth-order valence-corrected chi connectivity index (χ4v) is 4.55. The molecule has 1 aromatic rings. The van der Waals surface area contributed by atoms with Crippen molar-refractivity contribution < 1.29 is 24.2 Å². The van der Waals surface area contributed by atoms with E-state index >= 15 is 0 Å². The first-order chi connectivity index (χ1) is 11.3. The fraction of sp³-hybridized carbons (Fsp3) is 0.267. The first-order valence-electron chi connectivity index (χ1n) is 6.92. The zero-order valence-electron chi connectivity index (χ0n) is 12.5. The van der Waals surface area contributed by atoms with Crippen molar-refractivity contribution in [3.05, 3.63) is 30.6 Å². The maximum absolute atomic E-state index is 12.3. The van der Waals surface area contributed by atoms with Gasteiger partial charge in [0.1, 0.15) is 5.75 Å². The van der Waals surface area contributed by atoms with Crippen molar-refractivity contribution in [3.63, 3.8) is 0 Å². The quantitative estimate of drug-likeness (QED) is 0.447. The molecule has 9 heteroatoms. The molecular formula is C15H13BrINO5S. The van der Waals surface area contributed by atoms with Crippen LogP contribution in [-0.2, 0) is 9.59 Å². The SMILES string of the molecule is CCCN1C(=O)S/C(=C/c2cc(I)cc(Br)c2OCC(=O)O)C1=O. The second-order valence-electron chi connectivity index (χ2n) is 4.82. The Labute approximate surface area is 164 Å². The number of carboxylic acids is 1. The van der Waals surface area contributed by atoms with E-state index in [1.54, 1.807) is 18.2 Å². The second-order valence-corrected chi connectivity index (χ2v) is 7.91. The summed E-state index contributed by atoms with van der Waals surface area (Å²) in [5.41, 5.74) is 0.539. The molecule has 1 heterocycles. The number of nitrogens with zero attached hydrogens (tertiary/aromatic N) is 1. The highest BCUT2D eigenvalue weighted by Gasteiger charge is 2.34. The summed E-state index contributed by atoms with van der Waals surface area (Å²) in [5.74, 6) is -1.12. The Morgan fingerprint density at radius 2 is 2.17 bits per heavy atom. The standard InChI is InChI=1S/C15H13BrINO5S/c1-2-3-18-14(21)11(24-15(18)22)5-8-4-9(17)6-10(16)13(8)23-7-12(19)20/h4-6H,2-3,7H2,1H3,(H,19,20)/b11-5+. The van der Waals surface area contributed by atoms with Gasteiger partial charge in [0.05, 0.1) is 9.38 Å². The number of benzene rings is 1. The number of imide groups is 1. The van der Waals surface area contributed by atoms with E-state index in [4.69, 9.17) is 9.84 Å². The highest BCUT2D eigenvalue weighted by molar-refractivity contribution is 14.1. The summed E-state index contributed by atoms with van der Waals surface area (Å²) in [4.78, 5) is 36.5. The van der Waals surface area contributed by atoms with Gasteiger partial charge in [0.2, 0.25) is 0 Å². The molecule has 1 saturated heterocycles. The minimum atomic E-state index is -1.10. The molecule has 1 aliphatic rings. The molecule has 0 spiro atoms. The highest BCUT2D eigenvalue weighted by atomic mass is 127. The van der Waals surface area contributed by atoms with Crippen molar-refractivity contribution in [3.8, 4) is 5.75 Å². The van der Waals surface area contributed by atoms with Crippen molar-refractivity contribution in [1.29, 1.82) is 0 Å². The topological polar surface area (TPSA) is 83.9 Å². The minimum absolute atomic E-state index is 0.294. The van der Waals surface area contributed by atoms with Gasteiger partial charge in [-0.1, -0.05) is 6.92 Å². The number of carbonyl (C=O) groups excluding carboxylic acids is 2. The summed E-state index contributed by atoms with van der Waals surface area (Å²) in [6, 6.07) is 3.54. The maximum atomic E-state index is 12.3. The molecule has 6 nitrogen and oxygen atoms in total. The van der Waals surface area contributed by atoms with Gasteiger partial charge in [-0.25, -0.2) is 4.79 Å². The van der Waals surface area contributed by atoms with Gasteiger partial charge in [0.25, 0.3) is 11.1 Å². The van der Waals surface area contributed by atoms with E-state index in [0.717, 1.165) is 15.3 Å². The van der Waals surface area contributed by atoms with Crippen LogP contribution in [0.5, 0.6) is 5.75 Å². The van der Waals surface area contributed by atoms with Crippen molar-refractivity contribution in [2.45, 2.75) is 13.3 Å². The monoisotopic (exact) mass is 525 g/mol. The molecule has 2 rings (SSSR count). The van der Waals surface area contributed by atoms with Gasteiger partial charge >= 0.3 is 5.97 Å². The smallest absolute Gasteiger partial charge is 0.341 e. The predicted molar refractivity (Wildman–Crippen MR) is 103 cm³/mol. The van der Waals surface area contributed by atoms with E-state index in [0.29, 0.717) is 33.7 Å². The predicted octanol–water partition coefficient (Wildman–Crippen LogP) is 3.96. The zero-order valence-corrected chi connectivity index (χ0v) is 17.1. The van der Waals surface area contributed by atoms with E-state index < -0.39 is 12.6 Å². The largest absolute Gasteiger partial charge is 0.480 e. The van der Waals surface area contributed by atoms with Crippen LogP contribution in [0.1, 0.15) is 18.9 Å². The number of amides is 2. The Morgan fingerprint density at radius 1 is 1.46 bits per heavy atom. The number of aliphatic carboxylic acids is 1. The molecule has 0 unspecified atom stereocenters. The van der Waals surface area contributed by atoms with Crippen LogP contribution in [0.2, 0.25) is 0 Å². The third-order valence-electron chi connectivity index (χ3n) is 2.98. The molecule has 24 heavy (non-hydrogen) atoms. The van der Waals surface area contributed by atoms with E-state index in [2.05, 4.69) is 38.5 Å². The lowest BCUT2D eigenvalue weighted by molar-refractivity contribution is -0.139. The van der Waals surface area contributed by atoms with Crippen LogP contribution in [-0.4, -0.2) is 40.3 Å². The minimum Gasteiger partial charge on any atom is -0.480 e. The summed E-state index contributed by atoms with van der Waals surface area (Å²) in [7, 11) is 0. The van der Waals surface area contributed by atoms with Crippen LogP contribution >= 0.6 is 50.3 Å². The summed E-state index contributed by atoms with van der Waals surface area (Å²) >= 11 is 6.31. The molecule has 128 valence electrons. The van der Waals surface area contributed by atoms with Crippen molar-refractivity contribution in [2.24, 2.45) is 0 Å². The molecule has 1 aromatic carbocycles. The van der Waals surface area contributed by atoms with Gasteiger partial charge in [0.15, 0.2) is 6.61 Å². The van der Waals surface area contributed by atoms with E-state index in [-0.39, 0.29) is 11.1 Å². The third-order valence-corrected chi connectivity index (χ3v) is 5.10. The number of carbonyl (C=O) groups is 3. The van der Waals surface area contributed by atoms with Crippen LogP contribution in [0.15, 0.2) is 21.5 Å². The number of rotatable bonds is 6. The maximum Gasteiger partial charge on any atom is 0.341 e. The molecule has 0 saturated carbocycles.